The number of rotatable bonds is 6. The van der Waals surface area contributed by atoms with Crippen molar-refractivity contribution in [2.24, 2.45) is 0 Å². The second kappa shape index (κ2) is 6.16. The molecule has 0 saturated carbocycles. The van der Waals surface area contributed by atoms with Gasteiger partial charge in [0, 0.05) is 0 Å². The smallest absolute Gasteiger partial charge is 0.335 e. The minimum Gasteiger partial charge on any atom is -0.508 e. The summed E-state index contributed by atoms with van der Waals surface area (Å²) in [6, 6.07) is 4.55. The molecule has 0 aliphatic heterocycles. The molecule has 0 bridgehead atoms. The molecule has 0 fully saturated rings. The molecular formula is C13H18O3. The number of unbranched alkanes of at least 4 members (excludes halogenated alkanes) is 3. The number of benzene rings is 1. The average molecular weight is 222 g/mol. The molecule has 0 aliphatic rings. The molecule has 0 aromatic heterocycles. The van der Waals surface area contributed by atoms with Gasteiger partial charge in [-0.3, -0.25) is 0 Å². The van der Waals surface area contributed by atoms with Crippen LogP contribution >= 0.6 is 0 Å². The monoisotopic (exact) mass is 222 g/mol. The van der Waals surface area contributed by atoms with Crippen LogP contribution in [0.25, 0.3) is 0 Å². The molecule has 1 rings (SSSR count). The van der Waals surface area contributed by atoms with Crippen LogP contribution in [0.2, 0.25) is 0 Å². The van der Waals surface area contributed by atoms with Crippen LogP contribution in [0.5, 0.6) is 5.75 Å². The lowest BCUT2D eigenvalue weighted by Gasteiger charge is -2.05. The Morgan fingerprint density at radius 1 is 1.25 bits per heavy atom. The van der Waals surface area contributed by atoms with Crippen LogP contribution in [0, 0.1) is 0 Å². The van der Waals surface area contributed by atoms with E-state index in [1.807, 2.05) is 0 Å². The quantitative estimate of drug-likeness (QED) is 0.726. The van der Waals surface area contributed by atoms with Crippen LogP contribution in [-0.4, -0.2) is 16.2 Å². The lowest BCUT2D eigenvalue weighted by Crippen LogP contribution is -1.97. The first-order valence-corrected chi connectivity index (χ1v) is 5.70. The number of aryl methyl sites for hydroxylation is 1. The van der Waals surface area contributed by atoms with Crippen LogP contribution < -0.4 is 0 Å². The van der Waals surface area contributed by atoms with E-state index in [2.05, 4.69) is 6.92 Å². The predicted molar refractivity (Wildman–Crippen MR) is 62.9 cm³/mol. The van der Waals surface area contributed by atoms with Crippen molar-refractivity contribution in [3.05, 3.63) is 29.3 Å². The number of phenolic OH excluding ortho intramolecular Hbond substituents is 1. The van der Waals surface area contributed by atoms with Gasteiger partial charge in [-0.2, -0.15) is 0 Å². The first-order chi connectivity index (χ1) is 7.65. The second-order valence-corrected chi connectivity index (χ2v) is 3.96. The van der Waals surface area contributed by atoms with Gasteiger partial charge in [0.2, 0.25) is 0 Å². The van der Waals surface area contributed by atoms with Gasteiger partial charge in [0.1, 0.15) is 5.75 Å². The summed E-state index contributed by atoms with van der Waals surface area (Å²) in [6.45, 7) is 2.15. The van der Waals surface area contributed by atoms with E-state index < -0.39 is 5.97 Å². The molecule has 88 valence electrons. The van der Waals surface area contributed by atoms with Gasteiger partial charge in [0.15, 0.2) is 0 Å². The fourth-order valence-corrected chi connectivity index (χ4v) is 1.65. The van der Waals surface area contributed by atoms with Crippen molar-refractivity contribution in [2.75, 3.05) is 0 Å². The SMILES string of the molecule is CCCCCCc1ccc(C(=O)O)cc1O. The minimum absolute atomic E-state index is 0.0939. The van der Waals surface area contributed by atoms with Crippen LogP contribution in [-0.2, 0) is 6.42 Å². The second-order valence-electron chi connectivity index (χ2n) is 3.96. The zero-order chi connectivity index (χ0) is 12.0. The van der Waals surface area contributed by atoms with Gasteiger partial charge in [-0.15, -0.1) is 0 Å². The average Bonchev–Trinajstić information content (AvgIpc) is 2.26. The number of carboxylic acids is 1. The number of hydrogen-bond acceptors (Lipinski definition) is 2. The van der Waals surface area contributed by atoms with Crippen LogP contribution in [0.15, 0.2) is 18.2 Å². The van der Waals surface area contributed by atoms with Crippen LogP contribution in [0.4, 0.5) is 0 Å². The minimum atomic E-state index is -1.01. The van der Waals surface area contributed by atoms with E-state index in [4.69, 9.17) is 5.11 Å². The molecular weight excluding hydrogens is 204 g/mol. The van der Waals surface area contributed by atoms with Gasteiger partial charge in [-0.1, -0.05) is 32.3 Å². The molecule has 0 radical (unpaired) electrons. The first-order valence-electron chi connectivity index (χ1n) is 5.70. The van der Waals surface area contributed by atoms with Gasteiger partial charge in [0.05, 0.1) is 5.56 Å². The largest absolute Gasteiger partial charge is 0.508 e. The van der Waals surface area contributed by atoms with E-state index in [-0.39, 0.29) is 11.3 Å². The van der Waals surface area contributed by atoms with E-state index in [1.165, 1.54) is 25.0 Å². The standard InChI is InChI=1S/C13H18O3/c1-2-3-4-5-6-10-7-8-11(13(15)16)9-12(10)14/h7-9,14H,2-6H2,1H3,(H,15,16). The summed E-state index contributed by atoms with van der Waals surface area (Å²) in [5.74, 6) is -0.913. The number of carbonyl (C=O) groups is 1. The molecule has 16 heavy (non-hydrogen) atoms. The van der Waals surface area contributed by atoms with E-state index in [1.54, 1.807) is 6.07 Å². The van der Waals surface area contributed by atoms with Crippen molar-refractivity contribution >= 4 is 5.97 Å². The molecule has 0 atom stereocenters. The third kappa shape index (κ3) is 3.57. The van der Waals surface area contributed by atoms with Crippen molar-refractivity contribution in [3.63, 3.8) is 0 Å². The van der Waals surface area contributed by atoms with Crippen molar-refractivity contribution in [1.29, 1.82) is 0 Å². The fourth-order valence-electron chi connectivity index (χ4n) is 1.65. The van der Waals surface area contributed by atoms with Crippen molar-refractivity contribution in [2.45, 2.75) is 39.0 Å². The first kappa shape index (κ1) is 12.6. The number of hydrogen-bond donors (Lipinski definition) is 2. The Bertz CT molecular complexity index is 358. The molecule has 0 aliphatic carbocycles. The highest BCUT2D eigenvalue weighted by Gasteiger charge is 2.07. The lowest BCUT2D eigenvalue weighted by molar-refractivity contribution is 0.0696. The Hall–Kier alpha value is -1.51. The Kier molecular flexibility index (Phi) is 4.83. The molecule has 3 nitrogen and oxygen atoms in total. The van der Waals surface area contributed by atoms with E-state index in [0.29, 0.717) is 0 Å². The highest BCUT2D eigenvalue weighted by Crippen LogP contribution is 2.21. The van der Waals surface area contributed by atoms with E-state index >= 15 is 0 Å². The normalized spacial score (nSPS) is 10.3. The third-order valence-corrected chi connectivity index (χ3v) is 2.63. The Balaban J connectivity index is 2.57. The Morgan fingerprint density at radius 2 is 2.00 bits per heavy atom. The summed E-state index contributed by atoms with van der Waals surface area (Å²) < 4.78 is 0. The third-order valence-electron chi connectivity index (χ3n) is 2.63. The number of phenols is 1. The Labute approximate surface area is 95.7 Å². The topological polar surface area (TPSA) is 57.5 Å². The highest BCUT2D eigenvalue weighted by molar-refractivity contribution is 5.88. The van der Waals surface area contributed by atoms with Gasteiger partial charge < -0.3 is 10.2 Å². The van der Waals surface area contributed by atoms with E-state index in [9.17, 15) is 9.90 Å². The van der Waals surface area contributed by atoms with Gasteiger partial charge in [-0.25, -0.2) is 4.79 Å². The molecule has 1 aromatic rings. The van der Waals surface area contributed by atoms with Crippen LogP contribution in [0.1, 0.15) is 48.5 Å². The number of carboxylic acid groups (broad SMARTS) is 1. The highest BCUT2D eigenvalue weighted by atomic mass is 16.4. The molecule has 0 amide bonds. The zero-order valence-corrected chi connectivity index (χ0v) is 9.57. The van der Waals surface area contributed by atoms with Gasteiger partial charge in [-0.05, 0) is 30.5 Å². The molecule has 2 N–H and O–H groups in total. The maximum Gasteiger partial charge on any atom is 0.335 e. The van der Waals surface area contributed by atoms with Crippen molar-refractivity contribution < 1.29 is 15.0 Å². The molecule has 3 heteroatoms. The lowest BCUT2D eigenvalue weighted by atomic mass is 10.0. The number of aromatic carboxylic acids is 1. The van der Waals surface area contributed by atoms with Crippen molar-refractivity contribution in [3.8, 4) is 5.75 Å². The molecule has 0 heterocycles. The van der Waals surface area contributed by atoms with E-state index in [0.717, 1.165) is 24.8 Å². The summed E-state index contributed by atoms with van der Waals surface area (Å²) in [7, 11) is 0. The predicted octanol–water partition coefficient (Wildman–Crippen LogP) is 3.21. The fraction of sp³-hybridized carbons (Fsp3) is 0.462. The summed E-state index contributed by atoms with van der Waals surface area (Å²) in [4.78, 5) is 10.7. The Morgan fingerprint density at radius 3 is 2.56 bits per heavy atom. The maximum absolute atomic E-state index is 10.7. The molecule has 0 spiro atoms. The van der Waals surface area contributed by atoms with Crippen molar-refractivity contribution in [1.82, 2.24) is 0 Å². The van der Waals surface area contributed by atoms with Gasteiger partial charge in [0.25, 0.3) is 0 Å². The molecule has 0 saturated heterocycles. The summed E-state index contributed by atoms with van der Waals surface area (Å²) in [5.41, 5.74) is 0.968. The zero-order valence-electron chi connectivity index (χ0n) is 9.57. The molecule has 0 unspecified atom stereocenters. The number of aromatic hydroxyl groups is 1. The summed E-state index contributed by atoms with van der Waals surface area (Å²) in [6.07, 6.45) is 5.38. The summed E-state index contributed by atoms with van der Waals surface area (Å²) in [5, 5.41) is 18.4. The van der Waals surface area contributed by atoms with Gasteiger partial charge >= 0.3 is 5.97 Å². The van der Waals surface area contributed by atoms with Crippen LogP contribution in [0.3, 0.4) is 0 Å². The maximum atomic E-state index is 10.7. The molecule has 1 aromatic carbocycles. The summed E-state index contributed by atoms with van der Waals surface area (Å²) >= 11 is 0.